The average Bonchev–Trinajstić information content (AvgIpc) is 3.00. The number of hydrogen-bond acceptors (Lipinski definition) is 6. The lowest BCUT2D eigenvalue weighted by atomic mass is 10.1. The molecule has 2 aromatic rings. The second-order valence-corrected chi connectivity index (χ2v) is 11.0. The summed E-state index contributed by atoms with van der Waals surface area (Å²) in [4.78, 5) is 22.1. The van der Waals surface area contributed by atoms with Gasteiger partial charge in [-0.05, 0) is 25.9 Å². The number of imidazole rings is 1. The zero-order valence-corrected chi connectivity index (χ0v) is 14.4. The van der Waals surface area contributed by atoms with E-state index in [0.717, 1.165) is 6.16 Å². The van der Waals surface area contributed by atoms with Gasteiger partial charge in [0.15, 0.2) is 23.6 Å². The molecule has 24 heavy (non-hydrogen) atoms. The second-order valence-electron chi connectivity index (χ2n) is 6.72. The Morgan fingerprint density at radius 3 is 2.96 bits per heavy atom. The quantitative estimate of drug-likeness (QED) is 0.682. The summed E-state index contributed by atoms with van der Waals surface area (Å²) in [6, 6.07) is 0. The molecule has 0 bridgehead atoms. The number of ether oxygens (including phenoxy) is 1. The lowest BCUT2D eigenvalue weighted by Gasteiger charge is -2.18. The Kier molecular flexibility index (Phi) is 4.27. The molecular weight excluding hydrogens is 336 g/mol. The van der Waals surface area contributed by atoms with Crippen molar-refractivity contribution in [1.82, 2.24) is 19.5 Å². The Morgan fingerprint density at radius 1 is 1.58 bits per heavy atom. The summed E-state index contributed by atoms with van der Waals surface area (Å²) in [5, 5.41) is 10.1. The van der Waals surface area contributed by atoms with Crippen LogP contribution in [0.3, 0.4) is 0 Å². The summed E-state index contributed by atoms with van der Waals surface area (Å²) in [6.07, 6.45) is 2.04. The number of halogens is 1. The summed E-state index contributed by atoms with van der Waals surface area (Å²) in [6.45, 7) is 2.84. The molecule has 132 valence electrons. The van der Waals surface area contributed by atoms with Crippen LogP contribution in [0.4, 0.5) is 10.3 Å². The highest BCUT2D eigenvalue weighted by Crippen LogP contribution is 2.40. The molecular formula is C14H21FN5O3P. The number of aliphatic hydroxyl groups is 1. The van der Waals surface area contributed by atoms with E-state index in [4.69, 9.17) is 10.5 Å². The highest BCUT2D eigenvalue weighted by atomic mass is 31.2. The minimum absolute atomic E-state index is 0.0442. The standard InChI is InChI=1S/C14H21FN5O3P/c1-24(2,3)5-4-7-10(21)8(15)13(23-7)20-6-17-9-11(20)18-14(16)19-12(9)22/h6-8,10,13,21H,1,4-5H2,2-3H3,(H3,16,18,19,22)/t7-,8-,10-,13-/m1/s1. The third-order valence-corrected chi connectivity index (χ3v) is 5.51. The van der Waals surface area contributed by atoms with Crippen LogP contribution in [-0.4, -0.2) is 68.8 Å². The van der Waals surface area contributed by atoms with Crippen LogP contribution >= 0.6 is 6.89 Å². The zero-order valence-electron chi connectivity index (χ0n) is 13.5. The first-order valence-electron chi connectivity index (χ1n) is 7.54. The van der Waals surface area contributed by atoms with E-state index in [1.807, 2.05) is 0 Å². The molecule has 1 saturated heterocycles. The number of nitrogens with one attached hydrogen (secondary N) is 1. The molecule has 0 aromatic carbocycles. The largest absolute Gasteiger partial charge is 0.387 e. The van der Waals surface area contributed by atoms with Gasteiger partial charge >= 0.3 is 0 Å². The molecule has 1 aliphatic heterocycles. The molecule has 10 heteroatoms. The van der Waals surface area contributed by atoms with Crippen molar-refractivity contribution in [1.29, 1.82) is 0 Å². The Balaban J connectivity index is 1.90. The molecule has 4 N–H and O–H groups in total. The molecule has 1 fully saturated rings. The summed E-state index contributed by atoms with van der Waals surface area (Å²) in [7, 11) is 0. The Morgan fingerprint density at radius 2 is 2.29 bits per heavy atom. The fourth-order valence-electron chi connectivity index (χ4n) is 2.77. The molecule has 1 aliphatic rings. The van der Waals surface area contributed by atoms with Crippen LogP contribution < -0.4 is 11.3 Å². The van der Waals surface area contributed by atoms with E-state index >= 15 is 0 Å². The fraction of sp³-hybridized carbons (Fsp3) is 0.571. The molecule has 0 amide bonds. The zero-order chi connectivity index (χ0) is 17.6. The van der Waals surface area contributed by atoms with Crippen molar-refractivity contribution in [3.63, 3.8) is 0 Å². The Bertz CT molecular complexity index is 860. The lowest BCUT2D eigenvalue weighted by molar-refractivity contribution is -0.0233. The van der Waals surface area contributed by atoms with Gasteiger partial charge in [0, 0.05) is 0 Å². The van der Waals surface area contributed by atoms with E-state index < -0.39 is 37.1 Å². The van der Waals surface area contributed by atoms with Crippen LogP contribution in [0.25, 0.3) is 11.2 Å². The van der Waals surface area contributed by atoms with E-state index in [-0.39, 0.29) is 17.1 Å². The number of aliphatic hydroxyl groups excluding tert-OH is 1. The predicted octanol–water partition coefficient (Wildman–Crippen LogP) is 0.398. The molecule has 0 saturated carbocycles. The third kappa shape index (κ3) is 3.11. The number of aromatic nitrogens is 4. The molecule has 0 unspecified atom stereocenters. The number of aromatic amines is 1. The first-order valence-corrected chi connectivity index (χ1v) is 10.6. The highest BCUT2D eigenvalue weighted by molar-refractivity contribution is 7.72. The van der Waals surface area contributed by atoms with Gasteiger partial charge in [-0.3, -0.25) is 14.3 Å². The van der Waals surface area contributed by atoms with Crippen LogP contribution in [0.2, 0.25) is 0 Å². The number of anilines is 1. The van der Waals surface area contributed by atoms with Gasteiger partial charge < -0.3 is 15.6 Å². The van der Waals surface area contributed by atoms with Gasteiger partial charge in [0.25, 0.3) is 5.56 Å². The van der Waals surface area contributed by atoms with Crippen LogP contribution in [0, 0.1) is 0 Å². The predicted molar refractivity (Wildman–Crippen MR) is 92.7 cm³/mol. The van der Waals surface area contributed by atoms with Gasteiger partial charge in [-0.15, -0.1) is 13.2 Å². The van der Waals surface area contributed by atoms with Crippen LogP contribution in [0.15, 0.2) is 11.1 Å². The molecule has 0 spiro atoms. The molecule has 8 nitrogen and oxygen atoms in total. The Hall–Kier alpha value is -1.70. The summed E-state index contributed by atoms with van der Waals surface area (Å²) in [5.74, 6) is -0.0941. The van der Waals surface area contributed by atoms with Gasteiger partial charge in [0.05, 0.1) is 12.4 Å². The number of alkyl halides is 1. The molecule has 0 aliphatic carbocycles. The number of hydrogen-bond donors (Lipinski definition) is 3. The van der Waals surface area contributed by atoms with Crippen LogP contribution in [0.5, 0.6) is 0 Å². The summed E-state index contributed by atoms with van der Waals surface area (Å²) < 4.78 is 21.6. The molecule has 0 radical (unpaired) electrons. The van der Waals surface area contributed by atoms with Gasteiger partial charge in [-0.1, -0.05) is 0 Å². The normalized spacial score (nSPS) is 27.8. The number of nitrogens with zero attached hydrogens (tertiary/aromatic N) is 3. The van der Waals surface area contributed by atoms with Crippen molar-refractivity contribution in [2.75, 3.05) is 25.2 Å². The smallest absolute Gasteiger partial charge is 0.280 e. The molecule has 3 heterocycles. The minimum atomic E-state index is -1.65. The van der Waals surface area contributed by atoms with Crippen molar-refractivity contribution in [3.05, 3.63) is 16.7 Å². The second kappa shape index (κ2) is 5.98. The van der Waals surface area contributed by atoms with E-state index in [2.05, 4.69) is 34.6 Å². The third-order valence-electron chi connectivity index (χ3n) is 4.04. The number of nitrogen functional groups attached to an aromatic ring is 1. The minimum Gasteiger partial charge on any atom is -0.387 e. The number of fused-ring (bicyclic) bond motifs is 1. The first-order chi connectivity index (χ1) is 11.2. The maximum absolute atomic E-state index is 14.6. The molecule has 4 atom stereocenters. The number of nitrogens with two attached hydrogens (primary N) is 1. The van der Waals surface area contributed by atoms with Gasteiger partial charge in [-0.2, -0.15) is 4.98 Å². The van der Waals surface area contributed by atoms with Crippen molar-refractivity contribution in [2.45, 2.75) is 31.0 Å². The average molecular weight is 357 g/mol. The summed E-state index contributed by atoms with van der Waals surface area (Å²) >= 11 is 0. The van der Waals surface area contributed by atoms with E-state index in [1.54, 1.807) is 0 Å². The van der Waals surface area contributed by atoms with Crippen molar-refractivity contribution < 1.29 is 14.2 Å². The number of H-pyrrole nitrogens is 1. The maximum Gasteiger partial charge on any atom is 0.280 e. The van der Waals surface area contributed by atoms with Crippen molar-refractivity contribution in [3.8, 4) is 0 Å². The fourth-order valence-corrected chi connectivity index (χ4v) is 3.73. The van der Waals surface area contributed by atoms with Crippen molar-refractivity contribution in [2.24, 2.45) is 0 Å². The maximum atomic E-state index is 14.6. The van der Waals surface area contributed by atoms with E-state index in [0.29, 0.717) is 6.42 Å². The number of rotatable bonds is 4. The Labute approximate surface area is 137 Å². The van der Waals surface area contributed by atoms with Crippen LogP contribution in [-0.2, 0) is 4.74 Å². The van der Waals surface area contributed by atoms with Gasteiger partial charge in [0.2, 0.25) is 5.95 Å². The highest BCUT2D eigenvalue weighted by Gasteiger charge is 2.45. The van der Waals surface area contributed by atoms with Crippen molar-refractivity contribution >= 4 is 30.3 Å². The van der Waals surface area contributed by atoms with Crippen LogP contribution in [0.1, 0.15) is 12.6 Å². The lowest BCUT2D eigenvalue weighted by Crippen LogP contribution is -2.29. The van der Waals surface area contributed by atoms with E-state index in [1.165, 1.54) is 10.9 Å². The summed E-state index contributed by atoms with van der Waals surface area (Å²) in [5.41, 5.74) is 5.20. The molecule has 3 rings (SSSR count). The first kappa shape index (κ1) is 17.1. The molecule has 2 aromatic heterocycles. The van der Waals surface area contributed by atoms with E-state index in [9.17, 15) is 14.3 Å². The van der Waals surface area contributed by atoms with Gasteiger partial charge in [-0.25, -0.2) is 9.37 Å². The van der Waals surface area contributed by atoms with Gasteiger partial charge in [0.1, 0.15) is 6.10 Å². The SMILES string of the molecule is C=P(C)(C)CC[C@H]1O[C@@H](n2cnc3c(=O)[nH]c(N)nc32)[C@H](F)[C@@H]1O. The monoisotopic (exact) mass is 357 g/mol. The topological polar surface area (TPSA) is 119 Å².